The summed E-state index contributed by atoms with van der Waals surface area (Å²) in [4.78, 5) is 0. The van der Waals surface area contributed by atoms with E-state index in [9.17, 15) is 4.39 Å². The topological polar surface area (TPSA) is 25.2 Å². The number of nitrogens with one attached hydrogen (secondary N) is 1. The van der Waals surface area contributed by atoms with E-state index in [2.05, 4.69) is 42.0 Å². The van der Waals surface area contributed by atoms with Crippen molar-refractivity contribution in [1.29, 1.82) is 0 Å². The van der Waals surface area contributed by atoms with Crippen LogP contribution in [0.5, 0.6) is 0 Å². The Morgan fingerprint density at radius 1 is 1.05 bits per heavy atom. The van der Waals surface area contributed by atoms with Crippen LogP contribution >= 0.6 is 15.9 Å². The van der Waals surface area contributed by atoms with Gasteiger partial charge in [-0.05, 0) is 58.6 Å². The average Bonchev–Trinajstić information content (AvgIpc) is 2.83. The highest BCUT2D eigenvalue weighted by Crippen LogP contribution is 2.27. The van der Waals surface area contributed by atoms with Crippen LogP contribution in [0.25, 0.3) is 0 Å². The first-order valence-electron chi connectivity index (χ1n) is 6.74. The maximum Gasteiger partial charge on any atom is 0.169 e. The van der Waals surface area contributed by atoms with E-state index in [-0.39, 0.29) is 17.9 Å². The Labute approximate surface area is 127 Å². The molecule has 108 valence electrons. The van der Waals surface area contributed by atoms with E-state index in [0.29, 0.717) is 5.92 Å². The van der Waals surface area contributed by atoms with Gasteiger partial charge < -0.3 is 9.73 Å². The van der Waals surface area contributed by atoms with Gasteiger partial charge in [0.05, 0.1) is 6.04 Å². The van der Waals surface area contributed by atoms with Gasteiger partial charge >= 0.3 is 0 Å². The summed E-state index contributed by atoms with van der Waals surface area (Å²) in [5.41, 5.74) is 1.08. The molecule has 0 saturated carbocycles. The minimum atomic E-state index is -0.209. The molecule has 0 aliphatic heterocycles. The molecule has 1 heterocycles. The second kappa shape index (κ2) is 6.55. The molecule has 1 N–H and O–H groups in total. The first-order valence-corrected chi connectivity index (χ1v) is 7.53. The normalized spacial score (nSPS) is 14.5. The first-order chi connectivity index (χ1) is 9.47. The van der Waals surface area contributed by atoms with Gasteiger partial charge in [0.2, 0.25) is 0 Å². The summed E-state index contributed by atoms with van der Waals surface area (Å²) in [6, 6.07) is 10.7. The quantitative estimate of drug-likeness (QED) is 0.806. The van der Waals surface area contributed by atoms with Gasteiger partial charge in [-0.25, -0.2) is 4.39 Å². The van der Waals surface area contributed by atoms with Crippen LogP contribution in [0.1, 0.15) is 44.2 Å². The van der Waals surface area contributed by atoms with Crippen molar-refractivity contribution >= 4 is 15.9 Å². The maximum absolute atomic E-state index is 13.0. The lowest BCUT2D eigenvalue weighted by Gasteiger charge is -2.26. The average molecular weight is 340 g/mol. The van der Waals surface area contributed by atoms with Crippen molar-refractivity contribution in [2.75, 3.05) is 0 Å². The minimum Gasteiger partial charge on any atom is -0.453 e. The van der Waals surface area contributed by atoms with Crippen molar-refractivity contribution in [3.63, 3.8) is 0 Å². The minimum absolute atomic E-state index is 0.0822. The Balaban J connectivity index is 2.15. The van der Waals surface area contributed by atoms with Gasteiger partial charge in [0.25, 0.3) is 0 Å². The molecule has 0 radical (unpaired) electrons. The third-order valence-electron chi connectivity index (χ3n) is 3.35. The van der Waals surface area contributed by atoms with Crippen molar-refractivity contribution in [3.05, 3.63) is 58.2 Å². The molecule has 2 atom stereocenters. The summed E-state index contributed by atoms with van der Waals surface area (Å²) in [5.74, 6) is 1.06. The molecule has 0 aliphatic rings. The van der Waals surface area contributed by atoms with Crippen LogP contribution in [0.2, 0.25) is 0 Å². The van der Waals surface area contributed by atoms with Gasteiger partial charge in [-0.15, -0.1) is 0 Å². The lowest BCUT2D eigenvalue weighted by molar-refractivity contribution is 0.336. The zero-order chi connectivity index (χ0) is 14.7. The number of hydrogen-bond acceptors (Lipinski definition) is 2. The SMILES string of the molecule is CC(NC(c1ccc(F)cc1)C(C)C)c1ccc(Br)o1. The van der Waals surface area contributed by atoms with Crippen LogP contribution in [-0.2, 0) is 0 Å². The van der Waals surface area contributed by atoms with Crippen LogP contribution in [-0.4, -0.2) is 0 Å². The molecule has 20 heavy (non-hydrogen) atoms. The highest BCUT2D eigenvalue weighted by atomic mass is 79.9. The molecular formula is C16H19BrFNO. The standard InChI is InChI=1S/C16H19BrFNO/c1-10(2)16(12-4-6-13(18)7-5-12)19-11(3)14-8-9-15(17)20-14/h4-11,16,19H,1-3H3. The molecule has 0 bridgehead atoms. The maximum atomic E-state index is 13.0. The lowest BCUT2D eigenvalue weighted by atomic mass is 9.95. The highest BCUT2D eigenvalue weighted by Gasteiger charge is 2.20. The van der Waals surface area contributed by atoms with Crippen LogP contribution in [0.4, 0.5) is 4.39 Å². The molecule has 2 unspecified atom stereocenters. The third kappa shape index (κ3) is 3.70. The van der Waals surface area contributed by atoms with Crippen LogP contribution in [0, 0.1) is 11.7 Å². The second-order valence-corrected chi connectivity index (χ2v) is 6.09. The second-order valence-electron chi connectivity index (χ2n) is 5.30. The fraction of sp³-hybridized carbons (Fsp3) is 0.375. The number of hydrogen-bond donors (Lipinski definition) is 1. The summed E-state index contributed by atoms with van der Waals surface area (Å²) < 4.78 is 19.3. The third-order valence-corrected chi connectivity index (χ3v) is 3.77. The molecule has 1 aromatic carbocycles. The number of furan rings is 1. The number of benzene rings is 1. The van der Waals surface area contributed by atoms with Crippen LogP contribution < -0.4 is 5.32 Å². The molecule has 0 spiro atoms. The number of rotatable bonds is 5. The summed E-state index contributed by atoms with van der Waals surface area (Å²) in [5, 5.41) is 3.54. The molecule has 1 aromatic heterocycles. The van der Waals surface area contributed by atoms with E-state index in [0.717, 1.165) is 16.0 Å². The van der Waals surface area contributed by atoms with E-state index in [1.165, 1.54) is 12.1 Å². The molecule has 0 aliphatic carbocycles. The van der Waals surface area contributed by atoms with E-state index in [4.69, 9.17) is 4.42 Å². The Bertz CT molecular complexity index is 550. The predicted octanol–water partition coefficient (Wildman–Crippen LogP) is 5.23. The largest absolute Gasteiger partial charge is 0.453 e. The predicted molar refractivity (Wildman–Crippen MR) is 81.9 cm³/mol. The van der Waals surface area contributed by atoms with Gasteiger partial charge in [0, 0.05) is 6.04 Å². The van der Waals surface area contributed by atoms with Gasteiger partial charge in [-0.3, -0.25) is 0 Å². The molecule has 2 rings (SSSR count). The van der Waals surface area contributed by atoms with Crippen molar-refractivity contribution in [3.8, 4) is 0 Å². The van der Waals surface area contributed by atoms with Crippen LogP contribution in [0.3, 0.4) is 0 Å². The van der Waals surface area contributed by atoms with Gasteiger partial charge in [0.15, 0.2) is 4.67 Å². The van der Waals surface area contributed by atoms with E-state index in [1.807, 2.05) is 24.3 Å². The summed E-state index contributed by atoms with van der Waals surface area (Å²) in [6.07, 6.45) is 0. The van der Waals surface area contributed by atoms with Gasteiger partial charge in [0.1, 0.15) is 11.6 Å². The molecule has 0 saturated heterocycles. The Hall–Kier alpha value is -1.13. The van der Waals surface area contributed by atoms with Crippen molar-refractivity contribution in [2.45, 2.75) is 32.9 Å². The van der Waals surface area contributed by atoms with Gasteiger partial charge in [-0.1, -0.05) is 26.0 Å². The van der Waals surface area contributed by atoms with Crippen molar-refractivity contribution < 1.29 is 8.81 Å². The van der Waals surface area contributed by atoms with E-state index >= 15 is 0 Å². The highest BCUT2D eigenvalue weighted by molar-refractivity contribution is 9.10. The summed E-state index contributed by atoms with van der Waals surface area (Å²) in [7, 11) is 0. The fourth-order valence-corrected chi connectivity index (χ4v) is 2.58. The van der Waals surface area contributed by atoms with Crippen molar-refractivity contribution in [2.24, 2.45) is 5.92 Å². The smallest absolute Gasteiger partial charge is 0.169 e. The Kier molecular flexibility index (Phi) is 5.00. The summed E-state index contributed by atoms with van der Waals surface area (Å²) >= 11 is 3.31. The fourth-order valence-electron chi connectivity index (χ4n) is 2.26. The van der Waals surface area contributed by atoms with Crippen molar-refractivity contribution in [1.82, 2.24) is 5.32 Å². The first kappa shape index (κ1) is 15.3. The molecule has 0 amide bonds. The molecule has 4 heteroatoms. The molecule has 2 aromatic rings. The van der Waals surface area contributed by atoms with Gasteiger partial charge in [-0.2, -0.15) is 0 Å². The van der Waals surface area contributed by atoms with E-state index in [1.54, 1.807) is 0 Å². The number of halogens is 2. The van der Waals surface area contributed by atoms with E-state index < -0.39 is 0 Å². The Morgan fingerprint density at radius 2 is 1.70 bits per heavy atom. The molecule has 0 fully saturated rings. The Morgan fingerprint density at radius 3 is 2.20 bits per heavy atom. The monoisotopic (exact) mass is 339 g/mol. The van der Waals surface area contributed by atoms with Crippen LogP contribution in [0.15, 0.2) is 45.5 Å². The zero-order valence-corrected chi connectivity index (χ0v) is 13.4. The lowest BCUT2D eigenvalue weighted by Crippen LogP contribution is -2.28. The molecular weight excluding hydrogens is 321 g/mol. The molecule has 2 nitrogen and oxygen atoms in total. The zero-order valence-electron chi connectivity index (χ0n) is 11.9. The summed E-state index contributed by atoms with van der Waals surface area (Å²) in [6.45, 7) is 6.35.